The van der Waals surface area contributed by atoms with Gasteiger partial charge in [-0.05, 0) is 44.9 Å². The van der Waals surface area contributed by atoms with Gasteiger partial charge in [0, 0.05) is 19.4 Å². The van der Waals surface area contributed by atoms with Crippen molar-refractivity contribution in [1.29, 1.82) is 0 Å². The third-order valence-corrected chi connectivity index (χ3v) is 7.34. The monoisotopic (exact) mass is 603 g/mol. The fourth-order valence-corrected chi connectivity index (χ4v) is 4.74. The molecule has 0 saturated heterocycles. The number of phosphoric ester groups is 1. The molecule has 0 rings (SSSR count). The zero-order valence-corrected chi connectivity index (χ0v) is 26.6. The molecule has 0 heterocycles. The van der Waals surface area contributed by atoms with Crippen LogP contribution in [0.4, 0.5) is 0 Å². The molecule has 0 aliphatic carbocycles. The summed E-state index contributed by atoms with van der Waals surface area (Å²) in [6.45, 7) is 3.13. The number of hydrogen-bond acceptors (Lipinski definition) is 7. The lowest BCUT2D eigenvalue weighted by Crippen LogP contribution is -2.27. The van der Waals surface area contributed by atoms with Crippen LogP contribution in [0.2, 0.25) is 0 Å². The average molecular weight is 604 g/mol. The summed E-state index contributed by atoms with van der Waals surface area (Å²) in [5, 5.41) is 12.4. The van der Waals surface area contributed by atoms with Gasteiger partial charge in [-0.2, -0.15) is 0 Å². The van der Waals surface area contributed by atoms with Crippen LogP contribution in [0, 0.1) is 0 Å². The van der Waals surface area contributed by atoms with Crippen LogP contribution in [0.1, 0.15) is 129 Å². The number of amides is 1. The van der Waals surface area contributed by atoms with Crippen molar-refractivity contribution in [3.63, 3.8) is 0 Å². The van der Waals surface area contributed by atoms with Crippen molar-refractivity contribution in [2.75, 3.05) is 26.4 Å². The lowest BCUT2D eigenvalue weighted by Gasteiger charge is -2.15. The van der Waals surface area contributed by atoms with Crippen molar-refractivity contribution in [1.82, 2.24) is 5.32 Å². The molecule has 0 fully saturated rings. The Morgan fingerprint density at radius 1 is 0.756 bits per heavy atom. The smallest absolute Gasteiger partial charge is 0.463 e. The molecule has 10 heteroatoms. The van der Waals surface area contributed by atoms with E-state index in [-0.39, 0.29) is 32.1 Å². The first-order valence-electron chi connectivity index (χ1n) is 15.8. The second-order valence-electron chi connectivity index (χ2n) is 10.4. The third-order valence-electron chi connectivity index (χ3n) is 6.35. The van der Waals surface area contributed by atoms with Crippen molar-refractivity contribution >= 4 is 19.7 Å². The van der Waals surface area contributed by atoms with E-state index in [9.17, 15) is 24.2 Å². The maximum Gasteiger partial charge on any atom is 0.472 e. The summed E-state index contributed by atoms with van der Waals surface area (Å²) in [6, 6.07) is 0. The van der Waals surface area contributed by atoms with Crippen LogP contribution in [0.3, 0.4) is 0 Å². The Labute approximate surface area is 249 Å². The molecule has 0 aromatic heterocycles. The maximum atomic E-state index is 11.9. The Morgan fingerprint density at radius 3 is 1.95 bits per heavy atom. The van der Waals surface area contributed by atoms with E-state index in [1.165, 1.54) is 70.6 Å². The van der Waals surface area contributed by atoms with Crippen molar-refractivity contribution in [3.8, 4) is 0 Å². The first-order chi connectivity index (χ1) is 19.8. The molecule has 0 aliphatic heterocycles. The number of phosphoric acid groups is 1. The van der Waals surface area contributed by atoms with Gasteiger partial charge in [0.15, 0.2) is 0 Å². The second-order valence-corrected chi connectivity index (χ2v) is 11.9. The van der Waals surface area contributed by atoms with Crippen molar-refractivity contribution < 1.29 is 37.9 Å². The van der Waals surface area contributed by atoms with Gasteiger partial charge in [-0.25, -0.2) is 4.57 Å². The second kappa shape index (κ2) is 28.6. The van der Waals surface area contributed by atoms with E-state index in [2.05, 4.69) is 36.5 Å². The zero-order valence-electron chi connectivity index (χ0n) is 25.7. The van der Waals surface area contributed by atoms with Crippen LogP contribution in [-0.4, -0.2) is 54.3 Å². The standard InChI is InChI=1S/C31H58NO8P/c1-3-5-6-7-8-9-10-11-12-13-14-15-16-17-18-19-20-21-22-24-31(35)38-27-29(33)28-40-41(36,37)39-26-25-32-30(34)23-4-2/h8-9,11-12,29,33H,3-7,10,13-28H2,1-2H3,(H,32,34)(H,36,37)/b9-8-,12-11-. The van der Waals surface area contributed by atoms with Gasteiger partial charge in [0.05, 0.1) is 13.2 Å². The molecule has 240 valence electrons. The minimum absolute atomic E-state index is 0.0723. The van der Waals surface area contributed by atoms with E-state index >= 15 is 0 Å². The van der Waals surface area contributed by atoms with Gasteiger partial charge in [-0.15, -0.1) is 0 Å². The van der Waals surface area contributed by atoms with Gasteiger partial charge < -0.3 is 20.1 Å². The highest BCUT2D eigenvalue weighted by molar-refractivity contribution is 7.47. The highest BCUT2D eigenvalue weighted by atomic mass is 31.2. The number of carbonyl (C=O) groups is 2. The maximum absolute atomic E-state index is 11.9. The van der Waals surface area contributed by atoms with Crippen LogP contribution in [0.5, 0.6) is 0 Å². The Hall–Kier alpha value is -1.51. The number of carbonyl (C=O) groups excluding carboxylic acids is 2. The first-order valence-corrected chi connectivity index (χ1v) is 17.3. The molecular weight excluding hydrogens is 545 g/mol. The summed E-state index contributed by atoms with van der Waals surface area (Å²) in [5.74, 6) is -0.577. The van der Waals surface area contributed by atoms with E-state index < -0.39 is 26.5 Å². The largest absolute Gasteiger partial charge is 0.472 e. The summed E-state index contributed by atoms with van der Waals surface area (Å²) < 4.78 is 26.3. The molecule has 3 N–H and O–H groups in total. The molecular formula is C31H58NO8P. The Bertz CT molecular complexity index is 744. The number of rotatable bonds is 29. The highest BCUT2D eigenvalue weighted by Gasteiger charge is 2.23. The molecule has 0 saturated carbocycles. The van der Waals surface area contributed by atoms with E-state index in [4.69, 9.17) is 13.8 Å². The van der Waals surface area contributed by atoms with Gasteiger partial charge in [-0.1, -0.05) is 95.9 Å². The fourth-order valence-electron chi connectivity index (χ4n) is 3.98. The SMILES string of the molecule is CCCCC/C=C\C/C=C\CCCCCCCCCCCC(=O)OCC(O)COP(=O)(O)OCCNC(=O)CCC. The van der Waals surface area contributed by atoms with Crippen molar-refractivity contribution in [2.45, 2.75) is 136 Å². The van der Waals surface area contributed by atoms with Gasteiger partial charge in [-0.3, -0.25) is 18.6 Å². The first kappa shape index (κ1) is 39.5. The Morgan fingerprint density at radius 2 is 1.34 bits per heavy atom. The number of allylic oxidation sites excluding steroid dienone is 4. The van der Waals surface area contributed by atoms with Gasteiger partial charge in [0.1, 0.15) is 12.7 Å². The summed E-state index contributed by atoms with van der Waals surface area (Å²) >= 11 is 0. The lowest BCUT2D eigenvalue weighted by atomic mass is 10.1. The minimum Gasteiger partial charge on any atom is -0.463 e. The number of nitrogens with one attached hydrogen (secondary N) is 1. The normalized spacial score (nSPS) is 14.0. The van der Waals surface area contributed by atoms with Crippen molar-refractivity contribution in [3.05, 3.63) is 24.3 Å². The lowest BCUT2D eigenvalue weighted by molar-refractivity contribution is -0.147. The molecule has 0 aliphatic rings. The number of hydrogen-bond donors (Lipinski definition) is 3. The number of unbranched alkanes of at least 4 members (excludes halogenated alkanes) is 12. The number of aliphatic hydroxyl groups excluding tert-OH is 1. The Kier molecular flexibility index (Phi) is 27.5. The molecule has 9 nitrogen and oxygen atoms in total. The average Bonchev–Trinajstić information content (AvgIpc) is 2.94. The van der Waals surface area contributed by atoms with Crippen LogP contribution in [-0.2, 0) is 27.9 Å². The molecule has 0 spiro atoms. The fraction of sp³-hybridized carbons (Fsp3) is 0.806. The zero-order chi connectivity index (χ0) is 30.4. The predicted molar refractivity (Wildman–Crippen MR) is 164 cm³/mol. The van der Waals surface area contributed by atoms with Gasteiger partial charge in [0.25, 0.3) is 0 Å². The quantitative estimate of drug-likeness (QED) is 0.0351. The molecule has 41 heavy (non-hydrogen) atoms. The summed E-state index contributed by atoms with van der Waals surface area (Å²) in [5.41, 5.74) is 0. The topological polar surface area (TPSA) is 131 Å². The van der Waals surface area contributed by atoms with Crippen LogP contribution >= 0.6 is 7.82 Å². The van der Waals surface area contributed by atoms with Gasteiger partial charge >= 0.3 is 13.8 Å². The van der Waals surface area contributed by atoms with Crippen molar-refractivity contribution in [2.24, 2.45) is 0 Å². The Balaban J connectivity index is 3.55. The number of esters is 1. The molecule has 2 unspecified atom stereocenters. The van der Waals surface area contributed by atoms with E-state index in [0.29, 0.717) is 12.8 Å². The summed E-state index contributed by atoms with van der Waals surface area (Å²) in [6.07, 6.45) is 26.8. The number of ether oxygens (including phenoxy) is 1. The molecule has 0 aromatic rings. The van der Waals surface area contributed by atoms with Crippen LogP contribution < -0.4 is 5.32 Å². The minimum atomic E-state index is -4.38. The third kappa shape index (κ3) is 29.8. The van der Waals surface area contributed by atoms with Crippen LogP contribution in [0.15, 0.2) is 24.3 Å². The predicted octanol–water partition coefficient (Wildman–Crippen LogP) is 7.31. The van der Waals surface area contributed by atoms with E-state index in [0.717, 1.165) is 25.7 Å². The summed E-state index contributed by atoms with van der Waals surface area (Å²) in [7, 11) is -4.38. The van der Waals surface area contributed by atoms with Gasteiger partial charge in [0.2, 0.25) is 5.91 Å². The molecule has 0 radical (unpaired) electrons. The molecule has 1 amide bonds. The molecule has 2 atom stereocenters. The molecule has 0 bridgehead atoms. The van der Waals surface area contributed by atoms with E-state index in [1.54, 1.807) is 0 Å². The van der Waals surface area contributed by atoms with E-state index in [1.807, 2.05) is 6.92 Å². The summed E-state index contributed by atoms with van der Waals surface area (Å²) in [4.78, 5) is 32.8. The number of aliphatic hydroxyl groups is 1. The molecule has 0 aromatic carbocycles. The van der Waals surface area contributed by atoms with Crippen LogP contribution in [0.25, 0.3) is 0 Å². The highest BCUT2D eigenvalue weighted by Crippen LogP contribution is 2.42.